The van der Waals surface area contributed by atoms with Gasteiger partial charge in [-0.15, -0.1) is 0 Å². The van der Waals surface area contributed by atoms with E-state index in [-0.39, 0.29) is 35.6 Å². The maximum atomic E-state index is 12.6. The predicted molar refractivity (Wildman–Crippen MR) is 119 cm³/mol. The molecule has 1 aromatic carbocycles. The predicted octanol–water partition coefficient (Wildman–Crippen LogP) is 2.66. The van der Waals surface area contributed by atoms with E-state index < -0.39 is 10.0 Å². The maximum Gasteiger partial charge on any atom is 0.240 e. The minimum Gasteiger partial charge on any atom is -0.356 e. The Bertz CT molecular complexity index is 983. The largest absolute Gasteiger partial charge is 0.356 e. The first-order valence-electron chi connectivity index (χ1n) is 11.3. The normalized spacial score (nSPS) is 18.5. The molecule has 4 rings (SSSR count). The van der Waals surface area contributed by atoms with Gasteiger partial charge in [-0.2, -0.15) is 0 Å². The Balaban J connectivity index is 1.25. The lowest BCUT2D eigenvalue weighted by molar-refractivity contribution is -0.121. The highest BCUT2D eigenvalue weighted by molar-refractivity contribution is 7.89. The summed E-state index contributed by atoms with van der Waals surface area (Å²) < 4.78 is 27.8. The topological polar surface area (TPSA) is 95.6 Å². The van der Waals surface area contributed by atoms with Gasteiger partial charge in [-0.1, -0.05) is 11.6 Å². The summed E-state index contributed by atoms with van der Waals surface area (Å²) in [6.07, 6.45) is 10.5. The van der Waals surface area contributed by atoms with Crippen LogP contribution in [-0.2, 0) is 26.0 Å². The van der Waals surface area contributed by atoms with Gasteiger partial charge in [0, 0.05) is 37.7 Å². The fourth-order valence-corrected chi connectivity index (χ4v) is 5.37. The third-order valence-electron chi connectivity index (χ3n) is 6.25. The van der Waals surface area contributed by atoms with Gasteiger partial charge in [0.25, 0.3) is 0 Å². The smallest absolute Gasteiger partial charge is 0.240 e. The van der Waals surface area contributed by atoms with E-state index in [1.807, 2.05) is 0 Å². The van der Waals surface area contributed by atoms with Crippen molar-refractivity contribution < 1.29 is 18.0 Å². The summed E-state index contributed by atoms with van der Waals surface area (Å²) in [4.78, 5) is 26.4. The Kier molecular flexibility index (Phi) is 6.77. The van der Waals surface area contributed by atoms with Crippen molar-refractivity contribution in [1.29, 1.82) is 0 Å². The van der Waals surface area contributed by atoms with Gasteiger partial charge in [-0.05, 0) is 75.1 Å². The van der Waals surface area contributed by atoms with Crippen LogP contribution in [0.5, 0.6) is 0 Å². The first-order chi connectivity index (χ1) is 14.9. The molecule has 1 heterocycles. The van der Waals surface area contributed by atoms with Crippen LogP contribution in [0.1, 0.15) is 56.9 Å². The van der Waals surface area contributed by atoms with Gasteiger partial charge >= 0.3 is 0 Å². The zero-order chi connectivity index (χ0) is 21.8. The zero-order valence-corrected chi connectivity index (χ0v) is 18.7. The molecule has 0 spiro atoms. The van der Waals surface area contributed by atoms with Crippen molar-refractivity contribution in [3.63, 3.8) is 0 Å². The van der Waals surface area contributed by atoms with Crippen LogP contribution in [0, 0.1) is 5.92 Å². The second kappa shape index (κ2) is 9.53. The number of nitrogens with zero attached hydrogens (tertiary/aromatic N) is 1. The number of carbonyl (C=O) groups is 2. The van der Waals surface area contributed by atoms with Crippen LogP contribution in [0.15, 0.2) is 34.7 Å². The van der Waals surface area contributed by atoms with Crippen LogP contribution in [0.2, 0.25) is 0 Å². The van der Waals surface area contributed by atoms with Crippen molar-refractivity contribution in [2.45, 2.75) is 62.7 Å². The number of rotatable bonds is 9. The van der Waals surface area contributed by atoms with Crippen LogP contribution in [-0.4, -0.2) is 39.9 Å². The minimum atomic E-state index is -3.70. The van der Waals surface area contributed by atoms with E-state index >= 15 is 0 Å². The fraction of sp³-hybridized carbons (Fsp3) is 0.565. The van der Waals surface area contributed by atoms with E-state index in [4.69, 9.17) is 0 Å². The molecular weight excluding hydrogens is 414 g/mol. The van der Waals surface area contributed by atoms with Crippen LogP contribution < -0.4 is 14.9 Å². The van der Waals surface area contributed by atoms with Gasteiger partial charge in [-0.25, -0.2) is 13.1 Å². The molecule has 1 aromatic rings. The lowest BCUT2D eigenvalue weighted by Crippen LogP contribution is -2.31. The minimum absolute atomic E-state index is 0.0558. The van der Waals surface area contributed by atoms with Crippen molar-refractivity contribution in [3.8, 4) is 0 Å². The van der Waals surface area contributed by atoms with Gasteiger partial charge in [0.2, 0.25) is 21.8 Å². The number of hydrogen-bond acceptors (Lipinski definition) is 4. The molecule has 0 radical (unpaired) electrons. The highest BCUT2D eigenvalue weighted by Crippen LogP contribution is 2.37. The molecule has 2 amide bonds. The third kappa shape index (κ3) is 5.54. The Morgan fingerprint density at radius 1 is 1.10 bits per heavy atom. The molecule has 2 N–H and O–H groups in total. The second-order valence-corrected chi connectivity index (χ2v) is 10.4. The van der Waals surface area contributed by atoms with Gasteiger partial charge in [0.05, 0.1) is 4.90 Å². The molecule has 3 aliphatic rings. The van der Waals surface area contributed by atoms with Crippen molar-refractivity contribution in [2.24, 2.45) is 5.92 Å². The summed E-state index contributed by atoms with van der Waals surface area (Å²) >= 11 is 0. The monoisotopic (exact) mass is 445 g/mol. The van der Waals surface area contributed by atoms with Crippen LogP contribution in [0.3, 0.4) is 0 Å². The van der Waals surface area contributed by atoms with E-state index in [2.05, 4.69) is 16.1 Å². The summed E-state index contributed by atoms with van der Waals surface area (Å²) in [5, 5.41) is 2.87. The summed E-state index contributed by atoms with van der Waals surface area (Å²) in [6, 6.07) is 4.91. The molecule has 0 bridgehead atoms. The molecule has 0 unspecified atom stereocenters. The summed E-state index contributed by atoms with van der Waals surface area (Å²) in [6.45, 7) is 1.26. The summed E-state index contributed by atoms with van der Waals surface area (Å²) in [5.74, 6) is 0.141. The number of hydrogen-bond donors (Lipinski definition) is 2. The lowest BCUT2D eigenvalue weighted by Gasteiger charge is -2.17. The first kappa shape index (κ1) is 22.0. The maximum absolute atomic E-state index is 12.6. The molecule has 1 saturated carbocycles. The number of carbonyl (C=O) groups excluding carboxylic acids is 2. The Morgan fingerprint density at radius 3 is 2.68 bits per heavy atom. The van der Waals surface area contributed by atoms with Crippen LogP contribution >= 0.6 is 0 Å². The number of benzene rings is 1. The van der Waals surface area contributed by atoms with Crippen LogP contribution in [0.4, 0.5) is 5.69 Å². The first-order valence-corrected chi connectivity index (χ1v) is 12.8. The second-order valence-electron chi connectivity index (χ2n) is 8.66. The van der Waals surface area contributed by atoms with E-state index in [1.165, 1.54) is 24.5 Å². The quantitative estimate of drug-likeness (QED) is 0.571. The standard InChI is InChI=1S/C23H31N3O4S/c27-22(24-13-10-17-4-2-1-3-5-17)11-14-25-31(29,30)20-8-9-21-19(16-20)12-15-26(21)23(28)18-6-7-18/h4,8-9,16,18,25H,1-3,5-7,10-15H2,(H,24,27). The van der Waals surface area contributed by atoms with Crippen molar-refractivity contribution in [2.75, 3.05) is 24.5 Å². The fourth-order valence-electron chi connectivity index (χ4n) is 4.29. The Hall–Kier alpha value is -2.19. The molecule has 168 valence electrons. The number of anilines is 1. The molecule has 7 nitrogen and oxygen atoms in total. The molecule has 0 atom stereocenters. The van der Waals surface area contributed by atoms with E-state index in [1.54, 1.807) is 17.0 Å². The Labute approximate surface area is 184 Å². The van der Waals surface area contributed by atoms with Gasteiger partial charge in [0.15, 0.2) is 0 Å². The molecule has 1 fully saturated rings. The highest BCUT2D eigenvalue weighted by atomic mass is 32.2. The zero-order valence-electron chi connectivity index (χ0n) is 17.9. The number of allylic oxidation sites excluding steroid dienone is 1. The summed E-state index contributed by atoms with van der Waals surface area (Å²) in [5.41, 5.74) is 3.11. The molecule has 0 saturated heterocycles. The average molecular weight is 446 g/mol. The SMILES string of the molecule is O=C(CCNS(=O)(=O)c1ccc2c(c1)CCN2C(=O)C1CC1)NCCC1=CCCCC1. The lowest BCUT2D eigenvalue weighted by atomic mass is 9.97. The van der Waals surface area contributed by atoms with Crippen molar-refractivity contribution in [3.05, 3.63) is 35.4 Å². The van der Waals surface area contributed by atoms with Crippen molar-refractivity contribution >= 4 is 27.5 Å². The number of amides is 2. The molecule has 0 aromatic heterocycles. The summed E-state index contributed by atoms with van der Waals surface area (Å²) in [7, 11) is -3.70. The Morgan fingerprint density at radius 2 is 1.94 bits per heavy atom. The molecule has 8 heteroatoms. The number of sulfonamides is 1. The molecule has 2 aliphatic carbocycles. The number of fused-ring (bicyclic) bond motifs is 1. The molecule has 1 aliphatic heterocycles. The van der Waals surface area contributed by atoms with E-state index in [0.717, 1.165) is 43.4 Å². The van der Waals surface area contributed by atoms with E-state index in [9.17, 15) is 18.0 Å². The van der Waals surface area contributed by atoms with Gasteiger partial charge < -0.3 is 10.2 Å². The van der Waals surface area contributed by atoms with Gasteiger partial charge in [-0.3, -0.25) is 9.59 Å². The van der Waals surface area contributed by atoms with E-state index in [0.29, 0.717) is 19.5 Å². The average Bonchev–Trinajstić information content (AvgIpc) is 3.53. The van der Waals surface area contributed by atoms with Crippen molar-refractivity contribution in [1.82, 2.24) is 10.0 Å². The third-order valence-corrected chi connectivity index (χ3v) is 7.71. The highest BCUT2D eigenvalue weighted by Gasteiger charge is 2.36. The molecule has 31 heavy (non-hydrogen) atoms. The van der Waals surface area contributed by atoms with Gasteiger partial charge in [0.1, 0.15) is 0 Å². The van der Waals surface area contributed by atoms with Crippen LogP contribution in [0.25, 0.3) is 0 Å². The number of nitrogens with one attached hydrogen (secondary N) is 2. The molecular formula is C23H31N3O4S.